The van der Waals surface area contributed by atoms with Crippen molar-refractivity contribution in [2.75, 3.05) is 20.3 Å². The Kier molecular flexibility index (Phi) is 7.82. The topological polar surface area (TPSA) is 47.3 Å². The molecule has 3 nitrogen and oxygen atoms in total. The Morgan fingerprint density at radius 2 is 2.06 bits per heavy atom. The summed E-state index contributed by atoms with van der Waals surface area (Å²) in [5, 5.41) is 3.80. The molecule has 0 aliphatic heterocycles. The maximum Gasteiger partial charge on any atom is 0.0615 e. The van der Waals surface area contributed by atoms with Gasteiger partial charge >= 0.3 is 0 Å². The molecule has 3 heteroatoms. The zero-order chi connectivity index (χ0) is 12.5. The van der Waals surface area contributed by atoms with Crippen molar-refractivity contribution in [1.29, 1.82) is 0 Å². The number of rotatable bonds is 7. The van der Waals surface area contributed by atoms with Crippen molar-refractivity contribution < 1.29 is 4.74 Å². The molecular formula is C14H30N2O. The van der Waals surface area contributed by atoms with Crippen LogP contribution in [0.4, 0.5) is 0 Å². The smallest absolute Gasteiger partial charge is 0.0615 e. The normalized spacial score (nSPS) is 27.7. The summed E-state index contributed by atoms with van der Waals surface area (Å²) >= 11 is 0. The molecule has 0 bridgehead atoms. The van der Waals surface area contributed by atoms with Gasteiger partial charge in [-0.05, 0) is 38.1 Å². The van der Waals surface area contributed by atoms with Gasteiger partial charge in [-0.15, -0.1) is 0 Å². The second-order valence-corrected chi connectivity index (χ2v) is 5.47. The highest BCUT2D eigenvalue weighted by Gasteiger charge is 2.22. The van der Waals surface area contributed by atoms with E-state index in [0.717, 1.165) is 31.9 Å². The van der Waals surface area contributed by atoms with E-state index in [4.69, 9.17) is 10.5 Å². The second-order valence-electron chi connectivity index (χ2n) is 5.47. The van der Waals surface area contributed by atoms with E-state index in [1.165, 1.54) is 32.1 Å². The van der Waals surface area contributed by atoms with Crippen LogP contribution in [0.15, 0.2) is 0 Å². The molecular weight excluding hydrogens is 212 g/mol. The molecule has 1 rings (SSSR count). The Morgan fingerprint density at radius 1 is 1.29 bits per heavy atom. The minimum absolute atomic E-state index is 0.481. The van der Waals surface area contributed by atoms with Gasteiger partial charge in [-0.1, -0.05) is 26.2 Å². The van der Waals surface area contributed by atoms with E-state index in [1.807, 2.05) is 0 Å². The van der Waals surface area contributed by atoms with E-state index in [0.29, 0.717) is 12.1 Å². The minimum atomic E-state index is 0.481. The maximum absolute atomic E-state index is 5.59. The molecule has 17 heavy (non-hydrogen) atoms. The lowest BCUT2D eigenvalue weighted by molar-refractivity contribution is 0.148. The van der Waals surface area contributed by atoms with Gasteiger partial charge in [0.25, 0.3) is 0 Å². The molecule has 3 N–H and O–H groups in total. The average molecular weight is 242 g/mol. The quantitative estimate of drug-likeness (QED) is 0.673. The molecule has 0 aromatic carbocycles. The lowest BCUT2D eigenvalue weighted by Gasteiger charge is -2.28. The van der Waals surface area contributed by atoms with E-state index in [2.05, 4.69) is 12.2 Å². The summed E-state index contributed by atoms with van der Waals surface area (Å²) in [5.74, 6) is 0.801. The van der Waals surface area contributed by atoms with Crippen LogP contribution in [-0.4, -0.2) is 32.3 Å². The molecule has 0 spiro atoms. The van der Waals surface area contributed by atoms with Crippen molar-refractivity contribution in [1.82, 2.24) is 5.32 Å². The van der Waals surface area contributed by atoms with Crippen LogP contribution in [0.1, 0.15) is 51.9 Å². The molecule has 1 saturated carbocycles. The largest absolute Gasteiger partial charge is 0.383 e. The third-order valence-corrected chi connectivity index (χ3v) is 3.94. The van der Waals surface area contributed by atoms with E-state index in [9.17, 15) is 0 Å². The number of methoxy groups -OCH3 is 1. The van der Waals surface area contributed by atoms with Crippen LogP contribution < -0.4 is 11.1 Å². The molecule has 0 saturated heterocycles. The van der Waals surface area contributed by atoms with Crippen molar-refractivity contribution in [3.63, 3.8) is 0 Å². The molecule has 0 aromatic rings. The van der Waals surface area contributed by atoms with Gasteiger partial charge in [-0.2, -0.15) is 0 Å². The summed E-state index contributed by atoms with van der Waals surface area (Å²) in [5.41, 5.74) is 5.59. The van der Waals surface area contributed by atoms with Crippen molar-refractivity contribution in [3.05, 3.63) is 0 Å². The maximum atomic E-state index is 5.59. The first-order valence-corrected chi connectivity index (χ1v) is 7.23. The van der Waals surface area contributed by atoms with Gasteiger partial charge in [0, 0.05) is 19.2 Å². The number of hydrogen-bond acceptors (Lipinski definition) is 3. The molecule has 3 unspecified atom stereocenters. The number of hydrogen-bond donors (Lipinski definition) is 2. The molecule has 1 aliphatic rings. The SMILES string of the molecule is COCC(CCCN)NC1CCCCCC1C. The standard InChI is InChI=1S/C14H30N2O/c1-12-7-4-3-5-9-14(12)16-13(11-17-2)8-6-10-15/h12-14,16H,3-11,15H2,1-2H3. The summed E-state index contributed by atoms with van der Waals surface area (Å²) < 4.78 is 5.31. The Morgan fingerprint density at radius 3 is 2.76 bits per heavy atom. The number of ether oxygens (including phenoxy) is 1. The summed E-state index contributed by atoms with van der Waals surface area (Å²) in [6, 6.07) is 1.16. The van der Waals surface area contributed by atoms with Gasteiger partial charge in [-0.3, -0.25) is 0 Å². The Bertz CT molecular complexity index is 187. The molecule has 3 atom stereocenters. The summed E-state index contributed by atoms with van der Waals surface area (Å²) in [4.78, 5) is 0. The third kappa shape index (κ3) is 5.84. The van der Waals surface area contributed by atoms with Crippen LogP contribution in [0.5, 0.6) is 0 Å². The second kappa shape index (κ2) is 8.90. The Balaban J connectivity index is 2.39. The Labute approximate surface area is 106 Å². The fourth-order valence-corrected chi connectivity index (χ4v) is 2.82. The zero-order valence-corrected chi connectivity index (χ0v) is 11.6. The predicted molar refractivity (Wildman–Crippen MR) is 73.1 cm³/mol. The fourth-order valence-electron chi connectivity index (χ4n) is 2.82. The third-order valence-electron chi connectivity index (χ3n) is 3.94. The molecule has 0 amide bonds. The van der Waals surface area contributed by atoms with Crippen LogP contribution >= 0.6 is 0 Å². The molecule has 102 valence electrons. The fraction of sp³-hybridized carbons (Fsp3) is 1.00. The Hall–Kier alpha value is -0.120. The predicted octanol–water partition coefficient (Wildman–Crippen LogP) is 2.30. The average Bonchev–Trinajstić information content (AvgIpc) is 2.52. The van der Waals surface area contributed by atoms with E-state index in [-0.39, 0.29) is 0 Å². The first kappa shape index (κ1) is 14.9. The number of nitrogens with one attached hydrogen (secondary N) is 1. The first-order chi connectivity index (χ1) is 8.27. The van der Waals surface area contributed by atoms with Gasteiger partial charge in [0.15, 0.2) is 0 Å². The van der Waals surface area contributed by atoms with Gasteiger partial charge in [0.2, 0.25) is 0 Å². The van der Waals surface area contributed by atoms with E-state index < -0.39 is 0 Å². The van der Waals surface area contributed by atoms with Gasteiger partial charge in [0.05, 0.1) is 6.61 Å². The summed E-state index contributed by atoms with van der Waals surface area (Å²) in [7, 11) is 1.79. The zero-order valence-electron chi connectivity index (χ0n) is 11.6. The molecule has 0 aromatic heterocycles. The highest BCUT2D eigenvalue weighted by molar-refractivity contribution is 4.80. The minimum Gasteiger partial charge on any atom is -0.383 e. The van der Waals surface area contributed by atoms with Crippen LogP contribution in [0.2, 0.25) is 0 Å². The molecule has 0 radical (unpaired) electrons. The monoisotopic (exact) mass is 242 g/mol. The van der Waals surface area contributed by atoms with Gasteiger partial charge in [-0.25, -0.2) is 0 Å². The first-order valence-electron chi connectivity index (χ1n) is 7.23. The summed E-state index contributed by atoms with van der Waals surface area (Å²) in [6.07, 6.45) is 9.09. The lowest BCUT2D eigenvalue weighted by atomic mass is 9.95. The van der Waals surface area contributed by atoms with Gasteiger partial charge < -0.3 is 15.8 Å². The van der Waals surface area contributed by atoms with Crippen LogP contribution in [0.3, 0.4) is 0 Å². The molecule has 0 heterocycles. The van der Waals surface area contributed by atoms with Gasteiger partial charge in [0.1, 0.15) is 0 Å². The van der Waals surface area contributed by atoms with Crippen molar-refractivity contribution >= 4 is 0 Å². The van der Waals surface area contributed by atoms with Crippen LogP contribution in [-0.2, 0) is 4.74 Å². The summed E-state index contributed by atoms with van der Waals surface area (Å²) in [6.45, 7) is 3.97. The number of nitrogens with two attached hydrogens (primary N) is 1. The van der Waals surface area contributed by atoms with E-state index >= 15 is 0 Å². The van der Waals surface area contributed by atoms with E-state index in [1.54, 1.807) is 7.11 Å². The van der Waals surface area contributed by atoms with Crippen molar-refractivity contribution in [2.45, 2.75) is 64.0 Å². The van der Waals surface area contributed by atoms with Crippen molar-refractivity contribution in [3.8, 4) is 0 Å². The molecule has 1 aliphatic carbocycles. The highest BCUT2D eigenvalue weighted by atomic mass is 16.5. The molecule has 1 fully saturated rings. The lowest BCUT2D eigenvalue weighted by Crippen LogP contribution is -2.44. The van der Waals surface area contributed by atoms with Crippen LogP contribution in [0.25, 0.3) is 0 Å². The van der Waals surface area contributed by atoms with Crippen molar-refractivity contribution in [2.24, 2.45) is 11.7 Å². The highest BCUT2D eigenvalue weighted by Crippen LogP contribution is 2.23. The van der Waals surface area contributed by atoms with Crippen LogP contribution in [0, 0.1) is 5.92 Å².